The average molecular weight is 247 g/mol. The molecule has 18 heavy (non-hydrogen) atoms. The van der Waals surface area contributed by atoms with E-state index in [1.54, 1.807) is 7.11 Å². The van der Waals surface area contributed by atoms with E-state index in [2.05, 4.69) is 15.4 Å². The molecule has 1 aromatic heterocycles. The highest BCUT2D eigenvalue weighted by Gasteiger charge is 2.18. The van der Waals surface area contributed by atoms with Gasteiger partial charge in [0, 0.05) is 5.56 Å². The molecule has 0 saturated carbocycles. The van der Waals surface area contributed by atoms with Gasteiger partial charge in [-0.25, -0.2) is 4.79 Å². The lowest BCUT2D eigenvalue weighted by molar-refractivity contribution is 0.0691. The van der Waals surface area contributed by atoms with Crippen molar-refractivity contribution < 1.29 is 14.6 Å². The molecule has 94 valence electrons. The normalized spacial score (nSPS) is 10.4. The molecule has 6 heteroatoms. The summed E-state index contributed by atoms with van der Waals surface area (Å²) < 4.78 is 5.27. The largest absolute Gasteiger partial charge is 0.496 e. The molecule has 0 fully saturated rings. The number of aromatic carboxylic acids is 1. The van der Waals surface area contributed by atoms with Gasteiger partial charge in [0.05, 0.1) is 7.11 Å². The van der Waals surface area contributed by atoms with Crippen molar-refractivity contribution >= 4 is 5.97 Å². The maximum absolute atomic E-state index is 11.0. The van der Waals surface area contributed by atoms with Crippen LogP contribution in [0, 0.1) is 13.8 Å². The van der Waals surface area contributed by atoms with Crippen molar-refractivity contribution in [2.45, 2.75) is 13.8 Å². The quantitative estimate of drug-likeness (QED) is 0.863. The van der Waals surface area contributed by atoms with Crippen LogP contribution in [-0.4, -0.2) is 33.6 Å². The molecule has 0 bridgehead atoms. The molecule has 1 heterocycles. The van der Waals surface area contributed by atoms with Crippen LogP contribution in [0.2, 0.25) is 0 Å². The van der Waals surface area contributed by atoms with Crippen LogP contribution in [0.15, 0.2) is 12.1 Å². The molecule has 2 rings (SSSR count). The van der Waals surface area contributed by atoms with Gasteiger partial charge in [-0.15, -0.1) is 5.10 Å². The Hall–Kier alpha value is -2.37. The first-order valence-electron chi connectivity index (χ1n) is 5.34. The van der Waals surface area contributed by atoms with Gasteiger partial charge in [-0.05, 0) is 37.1 Å². The Labute approximate surface area is 104 Å². The number of H-pyrrole nitrogens is 1. The lowest BCUT2D eigenvalue weighted by atomic mass is 10.0. The number of carboxylic acid groups (broad SMARTS) is 1. The Morgan fingerprint density at radius 2 is 1.89 bits per heavy atom. The molecule has 0 aliphatic rings. The van der Waals surface area contributed by atoms with E-state index < -0.39 is 5.97 Å². The van der Waals surface area contributed by atoms with Gasteiger partial charge in [0.15, 0.2) is 5.69 Å². The minimum absolute atomic E-state index is 0.0843. The van der Waals surface area contributed by atoms with Crippen LogP contribution >= 0.6 is 0 Å². The molecule has 2 N–H and O–H groups in total. The van der Waals surface area contributed by atoms with Crippen molar-refractivity contribution in [3.63, 3.8) is 0 Å². The lowest BCUT2D eigenvalue weighted by Gasteiger charge is -2.10. The molecule has 0 saturated heterocycles. The Morgan fingerprint density at radius 1 is 1.28 bits per heavy atom. The van der Waals surface area contributed by atoms with Gasteiger partial charge >= 0.3 is 5.97 Å². The summed E-state index contributed by atoms with van der Waals surface area (Å²) in [6, 6.07) is 3.66. The van der Waals surface area contributed by atoms with Crippen molar-refractivity contribution in [3.05, 3.63) is 29.0 Å². The molecule has 0 amide bonds. The van der Waals surface area contributed by atoms with Crippen LogP contribution in [-0.2, 0) is 0 Å². The van der Waals surface area contributed by atoms with Crippen LogP contribution in [0.4, 0.5) is 0 Å². The van der Waals surface area contributed by atoms with Gasteiger partial charge in [-0.2, -0.15) is 10.3 Å². The minimum atomic E-state index is -1.11. The fraction of sp³-hybridized carbons (Fsp3) is 0.250. The molecular formula is C12H13N3O3. The molecule has 1 aromatic carbocycles. The summed E-state index contributed by atoms with van der Waals surface area (Å²) in [7, 11) is 1.60. The number of aromatic amines is 1. The van der Waals surface area contributed by atoms with Gasteiger partial charge in [0.2, 0.25) is 0 Å². The first kappa shape index (κ1) is 12.1. The molecule has 0 radical (unpaired) electrons. The summed E-state index contributed by atoms with van der Waals surface area (Å²) in [4.78, 5) is 11.0. The molecule has 0 atom stereocenters. The van der Waals surface area contributed by atoms with Crippen molar-refractivity contribution in [3.8, 4) is 17.0 Å². The van der Waals surface area contributed by atoms with Gasteiger partial charge in [0.25, 0.3) is 0 Å². The van der Waals surface area contributed by atoms with Crippen LogP contribution in [0.3, 0.4) is 0 Å². The van der Waals surface area contributed by atoms with Crippen LogP contribution in [0.5, 0.6) is 5.75 Å². The second-order valence-corrected chi connectivity index (χ2v) is 3.97. The zero-order valence-corrected chi connectivity index (χ0v) is 10.3. The summed E-state index contributed by atoms with van der Waals surface area (Å²) in [6.45, 7) is 3.80. The number of hydrogen-bond acceptors (Lipinski definition) is 4. The third-order valence-corrected chi connectivity index (χ3v) is 2.69. The maximum Gasteiger partial charge on any atom is 0.358 e. The van der Waals surface area contributed by atoms with Crippen molar-refractivity contribution in [1.29, 1.82) is 0 Å². The van der Waals surface area contributed by atoms with Crippen molar-refractivity contribution in [2.75, 3.05) is 7.11 Å². The molecule has 6 nitrogen and oxygen atoms in total. The number of carboxylic acids is 1. The molecule has 0 unspecified atom stereocenters. The predicted molar refractivity (Wildman–Crippen MR) is 64.8 cm³/mol. The third kappa shape index (κ3) is 1.92. The van der Waals surface area contributed by atoms with Crippen molar-refractivity contribution in [1.82, 2.24) is 15.4 Å². The monoisotopic (exact) mass is 247 g/mol. The lowest BCUT2D eigenvalue weighted by Crippen LogP contribution is -2.00. The maximum atomic E-state index is 11.0. The van der Waals surface area contributed by atoms with E-state index in [0.29, 0.717) is 11.3 Å². The molecule has 0 aliphatic heterocycles. The first-order valence-corrected chi connectivity index (χ1v) is 5.34. The second kappa shape index (κ2) is 4.48. The van der Waals surface area contributed by atoms with Gasteiger partial charge < -0.3 is 9.84 Å². The Kier molecular flexibility index (Phi) is 3.01. The van der Waals surface area contributed by atoms with E-state index in [9.17, 15) is 4.79 Å². The number of methoxy groups -OCH3 is 1. The van der Waals surface area contributed by atoms with Crippen LogP contribution in [0.1, 0.15) is 21.6 Å². The van der Waals surface area contributed by atoms with Gasteiger partial charge in [-0.1, -0.05) is 0 Å². The fourth-order valence-corrected chi connectivity index (χ4v) is 1.99. The Morgan fingerprint density at radius 3 is 2.39 bits per heavy atom. The summed E-state index contributed by atoms with van der Waals surface area (Å²) in [6.07, 6.45) is 0. The Bertz CT molecular complexity index is 581. The summed E-state index contributed by atoms with van der Waals surface area (Å²) in [5, 5.41) is 18.9. The summed E-state index contributed by atoms with van der Waals surface area (Å²) in [5.74, 6) is -0.316. The third-order valence-electron chi connectivity index (χ3n) is 2.69. The SMILES string of the molecule is COc1c(C)cc(-c2n[nH]nc2C(=O)O)cc1C. The zero-order chi connectivity index (χ0) is 13.3. The van der Waals surface area contributed by atoms with E-state index in [-0.39, 0.29) is 5.69 Å². The molecule has 0 spiro atoms. The topological polar surface area (TPSA) is 88.1 Å². The van der Waals surface area contributed by atoms with Gasteiger partial charge in [0.1, 0.15) is 11.4 Å². The van der Waals surface area contributed by atoms with Crippen molar-refractivity contribution in [2.24, 2.45) is 0 Å². The van der Waals surface area contributed by atoms with E-state index in [1.807, 2.05) is 26.0 Å². The number of hydrogen-bond donors (Lipinski definition) is 2. The summed E-state index contributed by atoms with van der Waals surface area (Å²) in [5.41, 5.74) is 2.80. The number of nitrogens with zero attached hydrogens (tertiary/aromatic N) is 2. The molecular weight excluding hydrogens is 234 g/mol. The first-order chi connectivity index (χ1) is 8.54. The number of aryl methyl sites for hydroxylation is 2. The van der Waals surface area contributed by atoms with Gasteiger partial charge in [-0.3, -0.25) is 0 Å². The number of aromatic nitrogens is 3. The smallest absolute Gasteiger partial charge is 0.358 e. The Balaban J connectivity index is 2.58. The average Bonchev–Trinajstić information content (AvgIpc) is 2.77. The summed E-state index contributed by atoms with van der Waals surface area (Å²) >= 11 is 0. The number of carbonyl (C=O) groups is 1. The number of ether oxygens (including phenoxy) is 1. The van der Waals surface area contributed by atoms with E-state index in [1.165, 1.54) is 0 Å². The minimum Gasteiger partial charge on any atom is -0.496 e. The highest BCUT2D eigenvalue weighted by atomic mass is 16.5. The zero-order valence-electron chi connectivity index (χ0n) is 10.3. The molecule has 0 aliphatic carbocycles. The van der Waals surface area contributed by atoms with E-state index in [0.717, 1.165) is 16.9 Å². The molecule has 2 aromatic rings. The standard InChI is InChI=1S/C12H13N3O3/c1-6-4-8(5-7(2)11(6)18-3)9-10(12(16)17)14-15-13-9/h4-5H,1-3H3,(H,16,17)(H,13,14,15). The fourth-order valence-electron chi connectivity index (χ4n) is 1.99. The number of nitrogens with one attached hydrogen (secondary N) is 1. The van der Waals surface area contributed by atoms with Crippen LogP contribution < -0.4 is 4.74 Å². The van der Waals surface area contributed by atoms with E-state index >= 15 is 0 Å². The van der Waals surface area contributed by atoms with Crippen LogP contribution in [0.25, 0.3) is 11.3 Å². The second-order valence-electron chi connectivity index (χ2n) is 3.97. The number of rotatable bonds is 3. The highest BCUT2D eigenvalue weighted by molar-refractivity contribution is 5.92. The van der Waals surface area contributed by atoms with E-state index in [4.69, 9.17) is 9.84 Å². The number of benzene rings is 1. The highest BCUT2D eigenvalue weighted by Crippen LogP contribution is 2.29. The predicted octanol–water partition coefficient (Wildman–Crippen LogP) is 1.80.